The van der Waals surface area contributed by atoms with Crippen LogP contribution in [0, 0.1) is 0 Å². The number of anilines is 1. The second kappa shape index (κ2) is 3.93. The number of carbonyl (C=O) groups is 1. The molecule has 3 heteroatoms. The number of hydrogen-bond donors (Lipinski definition) is 1. The van der Waals surface area contributed by atoms with Gasteiger partial charge in [0.2, 0.25) is 0 Å². The third-order valence-corrected chi connectivity index (χ3v) is 2.34. The first-order valence-electron chi connectivity index (χ1n) is 5.25. The van der Waals surface area contributed by atoms with Gasteiger partial charge in [-0.1, -0.05) is 0 Å². The van der Waals surface area contributed by atoms with Crippen LogP contribution in [0.1, 0.15) is 25.8 Å². The molecule has 0 fully saturated rings. The van der Waals surface area contributed by atoms with Gasteiger partial charge in [0.25, 0.3) is 0 Å². The van der Waals surface area contributed by atoms with Crippen molar-refractivity contribution in [3.8, 4) is 5.75 Å². The Labute approximate surface area is 89.4 Å². The average molecular weight is 205 g/mol. The largest absolute Gasteiger partial charge is 0.426 e. The van der Waals surface area contributed by atoms with E-state index < -0.39 is 0 Å². The molecule has 0 bridgehead atoms. The lowest BCUT2D eigenvalue weighted by atomic mass is 10.1. The fourth-order valence-electron chi connectivity index (χ4n) is 1.71. The Bertz CT molecular complexity index is 385. The summed E-state index contributed by atoms with van der Waals surface area (Å²) in [6.45, 7) is 4.19. The number of rotatable bonds is 2. The number of hydrogen-bond acceptors (Lipinski definition) is 3. The van der Waals surface area contributed by atoms with Gasteiger partial charge in [-0.25, -0.2) is 0 Å². The molecule has 3 nitrogen and oxygen atoms in total. The number of nitrogens with one attached hydrogen (secondary N) is 1. The summed E-state index contributed by atoms with van der Waals surface area (Å²) < 4.78 is 5.13. The van der Waals surface area contributed by atoms with Gasteiger partial charge < -0.3 is 10.1 Å². The van der Waals surface area contributed by atoms with Crippen molar-refractivity contribution in [3.05, 3.63) is 23.8 Å². The summed E-state index contributed by atoms with van der Waals surface area (Å²) >= 11 is 0. The molecule has 1 aromatic carbocycles. The van der Waals surface area contributed by atoms with Crippen LogP contribution in [0.5, 0.6) is 5.75 Å². The first kappa shape index (κ1) is 10.0. The molecule has 0 saturated carbocycles. The van der Waals surface area contributed by atoms with Gasteiger partial charge >= 0.3 is 5.97 Å². The monoisotopic (exact) mass is 205 g/mol. The third-order valence-electron chi connectivity index (χ3n) is 2.34. The minimum Gasteiger partial charge on any atom is -0.426 e. The minimum absolute atomic E-state index is 0.132. The molecule has 1 N–H and O–H groups in total. The number of fused-ring (bicyclic) bond motifs is 1. The van der Waals surface area contributed by atoms with E-state index in [1.54, 1.807) is 0 Å². The van der Waals surface area contributed by atoms with Crippen LogP contribution >= 0.6 is 0 Å². The normalized spacial score (nSPS) is 14.7. The number of ether oxygens (including phenoxy) is 1. The molecule has 2 rings (SSSR count). The Hall–Kier alpha value is -1.51. The van der Waals surface area contributed by atoms with E-state index in [0.29, 0.717) is 18.2 Å². The molecular formula is C12H15NO2. The summed E-state index contributed by atoms with van der Waals surface area (Å²) in [6, 6.07) is 6.27. The van der Waals surface area contributed by atoms with Crippen LogP contribution in [0.4, 0.5) is 5.69 Å². The zero-order valence-corrected chi connectivity index (χ0v) is 9.04. The second-order valence-corrected chi connectivity index (χ2v) is 4.10. The highest BCUT2D eigenvalue weighted by Gasteiger charge is 2.16. The standard InChI is InChI=1S/C12H15NO2/c1-8(2)13-10-4-5-11-9(7-10)3-6-12(14)15-11/h4-5,7-8,13H,3,6H2,1-2H3. The van der Waals surface area contributed by atoms with Crippen molar-refractivity contribution in [1.82, 2.24) is 0 Å². The van der Waals surface area contributed by atoms with Crippen molar-refractivity contribution in [2.24, 2.45) is 0 Å². The Morgan fingerprint density at radius 2 is 2.13 bits per heavy atom. The Balaban J connectivity index is 2.23. The summed E-state index contributed by atoms with van der Waals surface area (Å²) in [7, 11) is 0. The lowest BCUT2D eigenvalue weighted by Crippen LogP contribution is -2.16. The first-order chi connectivity index (χ1) is 7.15. The highest BCUT2D eigenvalue weighted by molar-refractivity contribution is 5.75. The van der Waals surface area contributed by atoms with Gasteiger partial charge in [-0.3, -0.25) is 4.79 Å². The van der Waals surface area contributed by atoms with Gasteiger partial charge in [0, 0.05) is 11.7 Å². The maximum Gasteiger partial charge on any atom is 0.311 e. The molecule has 1 aromatic rings. The van der Waals surface area contributed by atoms with Crippen molar-refractivity contribution in [1.29, 1.82) is 0 Å². The zero-order valence-electron chi connectivity index (χ0n) is 9.04. The molecule has 15 heavy (non-hydrogen) atoms. The summed E-state index contributed by atoms with van der Waals surface area (Å²) in [5, 5.41) is 3.33. The summed E-state index contributed by atoms with van der Waals surface area (Å²) in [6.07, 6.45) is 1.26. The molecule has 80 valence electrons. The molecular weight excluding hydrogens is 190 g/mol. The van der Waals surface area contributed by atoms with Crippen molar-refractivity contribution >= 4 is 11.7 Å². The van der Waals surface area contributed by atoms with Crippen LogP contribution in [0.15, 0.2) is 18.2 Å². The van der Waals surface area contributed by atoms with E-state index in [0.717, 1.165) is 17.7 Å². The topological polar surface area (TPSA) is 38.3 Å². The van der Waals surface area contributed by atoms with Crippen LogP contribution in [-0.4, -0.2) is 12.0 Å². The molecule has 1 aliphatic rings. The molecule has 0 aromatic heterocycles. The van der Waals surface area contributed by atoms with E-state index in [1.165, 1.54) is 0 Å². The van der Waals surface area contributed by atoms with Crippen LogP contribution < -0.4 is 10.1 Å². The highest BCUT2D eigenvalue weighted by atomic mass is 16.5. The van der Waals surface area contributed by atoms with Crippen LogP contribution in [-0.2, 0) is 11.2 Å². The van der Waals surface area contributed by atoms with Crippen LogP contribution in [0.2, 0.25) is 0 Å². The van der Waals surface area contributed by atoms with Gasteiger partial charge in [0.1, 0.15) is 5.75 Å². The molecule has 0 unspecified atom stereocenters. The Morgan fingerprint density at radius 1 is 1.33 bits per heavy atom. The predicted octanol–water partition coefficient (Wildman–Crippen LogP) is 2.36. The molecule has 1 aliphatic heterocycles. The van der Waals surface area contributed by atoms with Crippen molar-refractivity contribution in [2.45, 2.75) is 32.7 Å². The molecule has 0 radical (unpaired) electrons. The van der Waals surface area contributed by atoms with E-state index in [1.807, 2.05) is 12.1 Å². The SMILES string of the molecule is CC(C)Nc1ccc2c(c1)CCC(=O)O2. The third kappa shape index (κ3) is 2.29. The van der Waals surface area contributed by atoms with Gasteiger partial charge in [0.15, 0.2) is 0 Å². The summed E-state index contributed by atoms with van der Waals surface area (Å²) in [5.74, 6) is 0.577. The molecule has 0 aliphatic carbocycles. The van der Waals surface area contributed by atoms with E-state index in [-0.39, 0.29) is 5.97 Å². The Kier molecular flexibility index (Phi) is 2.62. The average Bonchev–Trinajstić information content (AvgIpc) is 2.17. The van der Waals surface area contributed by atoms with Crippen molar-refractivity contribution in [2.75, 3.05) is 5.32 Å². The van der Waals surface area contributed by atoms with Crippen molar-refractivity contribution < 1.29 is 9.53 Å². The number of benzene rings is 1. The number of aryl methyl sites for hydroxylation is 1. The number of esters is 1. The van der Waals surface area contributed by atoms with Gasteiger partial charge in [-0.15, -0.1) is 0 Å². The van der Waals surface area contributed by atoms with Gasteiger partial charge in [0.05, 0.1) is 6.42 Å². The van der Waals surface area contributed by atoms with Crippen molar-refractivity contribution in [3.63, 3.8) is 0 Å². The quantitative estimate of drug-likeness (QED) is 0.595. The Morgan fingerprint density at radius 3 is 2.87 bits per heavy atom. The maximum absolute atomic E-state index is 11.1. The lowest BCUT2D eigenvalue weighted by molar-refractivity contribution is -0.135. The predicted molar refractivity (Wildman–Crippen MR) is 59.2 cm³/mol. The first-order valence-corrected chi connectivity index (χ1v) is 5.25. The highest BCUT2D eigenvalue weighted by Crippen LogP contribution is 2.28. The summed E-state index contributed by atoms with van der Waals surface area (Å²) in [5.41, 5.74) is 2.20. The smallest absolute Gasteiger partial charge is 0.311 e. The number of carbonyl (C=O) groups excluding carboxylic acids is 1. The fraction of sp³-hybridized carbons (Fsp3) is 0.417. The molecule has 0 amide bonds. The zero-order chi connectivity index (χ0) is 10.8. The fourth-order valence-corrected chi connectivity index (χ4v) is 1.71. The van der Waals surface area contributed by atoms with E-state index in [2.05, 4.69) is 25.2 Å². The van der Waals surface area contributed by atoms with Crippen LogP contribution in [0.25, 0.3) is 0 Å². The lowest BCUT2D eigenvalue weighted by Gasteiger charge is -2.17. The van der Waals surface area contributed by atoms with E-state index in [4.69, 9.17) is 4.74 Å². The van der Waals surface area contributed by atoms with E-state index in [9.17, 15) is 4.79 Å². The van der Waals surface area contributed by atoms with Gasteiger partial charge in [-0.05, 0) is 44.0 Å². The molecule has 0 atom stereocenters. The molecule has 0 saturated heterocycles. The van der Waals surface area contributed by atoms with E-state index >= 15 is 0 Å². The maximum atomic E-state index is 11.1. The molecule has 0 spiro atoms. The molecule has 1 heterocycles. The minimum atomic E-state index is -0.132. The second-order valence-electron chi connectivity index (χ2n) is 4.10. The van der Waals surface area contributed by atoms with Gasteiger partial charge in [-0.2, -0.15) is 0 Å². The summed E-state index contributed by atoms with van der Waals surface area (Å²) in [4.78, 5) is 11.1. The van der Waals surface area contributed by atoms with Crippen LogP contribution in [0.3, 0.4) is 0 Å².